The van der Waals surface area contributed by atoms with Crippen LogP contribution in [0.15, 0.2) is 30.3 Å². The van der Waals surface area contributed by atoms with E-state index in [-0.39, 0.29) is 30.3 Å². The van der Waals surface area contributed by atoms with Gasteiger partial charge in [0, 0.05) is 19.5 Å². The summed E-state index contributed by atoms with van der Waals surface area (Å²) in [4.78, 5) is 14.2. The third-order valence-electron chi connectivity index (χ3n) is 5.38. The number of likely N-dealkylation sites (tertiary alicyclic amines) is 1. The van der Waals surface area contributed by atoms with Crippen molar-refractivity contribution >= 4 is 5.91 Å². The largest absolute Gasteiger partial charge is 0.393 e. The number of carbonyl (C=O) groups excluding carboxylic acids is 1. The zero-order valence-electron chi connectivity index (χ0n) is 15.0. The zero-order valence-corrected chi connectivity index (χ0v) is 15.0. The van der Waals surface area contributed by atoms with E-state index in [0.29, 0.717) is 26.1 Å². The fourth-order valence-electron chi connectivity index (χ4n) is 3.92. The van der Waals surface area contributed by atoms with Gasteiger partial charge in [-0.25, -0.2) is 0 Å². The highest BCUT2D eigenvalue weighted by Crippen LogP contribution is 2.38. The van der Waals surface area contributed by atoms with Crippen molar-refractivity contribution in [3.63, 3.8) is 0 Å². The number of carbonyl (C=O) groups is 1. The highest BCUT2D eigenvalue weighted by atomic mass is 16.5. The second-order valence-corrected chi connectivity index (χ2v) is 7.28. The average Bonchev–Trinajstić information content (AvgIpc) is 2.62. The van der Waals surface area contributed by atoms with Crippen LogP contribution in [0.5, 0.6) is 0 Å². The Balaban J connectivity index is 1.44. The third-order valence-corrected chi connectivity index (χ3v) is 5.38. The molecule has 5 nitrogen and oxygen atoms in total. The van der Waals surface area contributed by atoms with Crippen molar-refractivity contribution in [2.75, 3.05) is 19.7 Å². The molecule has 1 aromatic carbocycles. The molecule has 2 atom stereocenters. The molecule has 1 aromatic rings. The molecular weight excluding hydrogens is 318 g/mol. The summed E-state index contributed by atoms with van der Waals surface area (Å²) in [5.74, 6) is 0.0363. The Morgan fingerprint density at radius 1 is 1.32 bits per heavy atom. The molecule has 1 amide bonds. The summed E-state index contributed by atoms with van der Waals surface area (Å²) < 4.78 is 11.8. The van der Waals surface area contributed by atoms with Gasteiger partial charge in [-0.2, -0.15) is 0 Å². The summed E-state index contributed by atoms with van der Waals surface area (Å²) in [6.45, 7) is 4.02. The maximum Gasteiger partial charge on any atom is 0.248 e. The van der Waals surface area contributed by atoms with Crippen LogP contribution in [0.4, 0.5) is 0 Å². The molecule has 2 saturated heterocycles. The van der Waals surface area contributed by atoms with Gasteiger partial charge in [-0.3, -0.25) is 4.79 Å². The second kappa shape index (κ2) is 8.30. The normalized spacial score (nSPS) is 25.9. The first-order valence-electron chi connectivity index (χ1n) is 9.35. The van der Waals surface area contributed by atoms with E-state index in [1.54, 1.807) is 0 Å². The minimum absolute atomic E-state index is 0.0363. The molecule has 0 bridgehead atoms. The van der Waals surface area contributed by atoms with Gasteiger partial charge in [-0.15, -0.1) is 0 Å². The van der Waals surface area contributed by atoms with Gasteiger partial charge in [0.15, 0.2) is 0 Å². The van der Waals surface area contributed by atoms with Gasteiger partial charge >= 0.3 is 0 Å². The van der Waals surface area contributed by atoms with E-state index < -0.39 is 0 Å². The molecule has 0 aromatic heterocycles. The minimum atomic E-state index is -0.282. The van der Waals surface area contributed by atoms with Gasteiger partial charge in [0.05, 0.1) is 24.4 Å². The molecule has 3 rings (SSSR count). The molecule has 138 valence electrons. The van der Waals surface area contributed by atoms with Crippen molar-refractivity contribution in [1.29, 1.82) is 0 Å². The van der Waals surface area contributed by atoms with Crippen molar-refractivity contribution < 1.29 is 19.4 Å². The molecule has 2 heterocycles. The summed E-state index contributed by atoms with van der Waals surface area (Å²) in [7, 11) is 0. The highest BCUT2D eigenvalue weighted by molar-refractivity contribution is 5.77. The van der Waals surface area contributed by atoms with E-state index in [4.69, 9.17) is 9.47 Å². The Hall–Kier alpha value is -1.43. The Morgan fingerprint density at radius 3 is 2.72 bits per heavy atom. The lowest BCUT2D eigenvalue weighted by atomic mass is 9.81. The van der Waals surface area contributed by atoms with Gasteiger partial charge in [0.1, 0.15) is 6.61 Å². The maximum atomic E-state index is 12.4. The van der Waals surface area contributed by atoms with Gasteiger partial charge in [0.2, 0.25) is 5.91 Å². The van der Waals surface area contributed by atoms with E-state index in [1.807, 2.05) is 35.2 Å². The molecule has 2 fully saturated rings. The summed E-state index contributed by atoms with van der Waals surface area (Å²) in [5, 5.41) is 10.1. The van der Waals surface area contributed by atoms with Crippen LogP contribution in [0.3, 0.4) is 0 Å². The minimum Gasteiger partial charge on any atom is -0.393 e. The van der Waals surface area contributed by atoms with Gasteiger partial charge in [0.25, 0.3) is 0 Å². The van der Waals surface area contributed by atoms with Crippen LogP contribution in [0.1, 0.15) is 44.6 Å². The lowest BCUT2D eigenvalue weighted by Crippen LogP contribution is -2.54. The number of hydrogen-bond donors (Lipinski definition) is 1. The lowest BCUT2D eigenvalue weighted by molar-refractivity contribution is -0.184. The van der Waals surface area contributed by atoms with E-state index in [0.717, 1.165) is 31.2 Å². The van der Waals surface area contributed by atoms with Crippen LogP contribution < -0.4 is 0 Å². The van der Waals surface area contributed by atoms with Crippen LogP contribution in [-0.4, -0.2) is 53.4 Å². The van der Waals surface area contributed by atoms with E-state index in [9.17, 15) is 9.90 Å². The predicted octanol–water partition coefficient (Wildman–Crippen LogP) is 2.51. The Kier molecular flexibility index (Phi) is 6.10. The molecule has 0 saturated carbocycles. The Morgan fingerprint density at radius 2 is 2.04 bits per heavy atom. The van der Waals surface area contributed by atoms with Gasteiger partial charge < -0.3 is 19.5 Å². The second-order valence-electron chi connectivity index (χ2n) is 7.28. The summed E-state index contributed by atoms with van der Waals surface area (Å²) >= 11 is 0. The number of rotatable bonds is 5. The molecule has 0 radical (unpaired) electrons. The van der Waals surface area contributed by atoms with Crippen molar-refractivity contribution in [2.24, 2.45) is 0 Å². The SMILES string of the molecule is CC[C@H]1C[C@@H](O)CC2(CCN(C(=O)COCc3ccccc3)CC2)O1. The molecule has 2 aliphatic heterocycles. The number of hydrogen-bond acceptors (Lipinski definition) is 4. The standard InChI is InChI=1S/C20H29NO4/c1-2-18-12-17(22)13-20(25-18)8-10-21(11-9-20)19(23)15-24-14-16-6-4-3-5-7-16/h3-7,17-18,22H,2,8-15H2,1H3/t17-,18+/m1/s1. The Labute approximate surface area is 149 Å². The monoisotopic (exact) mass is 347 g/mol. The first-order chi connectivity index (χ1) is 12.1. The molecule has 0 aliphatic carbocycles. The number of nitrogens with zero attached hydrogens (tertiary/aromatic N) is 1. The molecule has 0 unspecified atom stereocenters. The van der Waals surface area contributed by atoms with Crippen molar-refractivity contribution in [3.8, 4) is 0 Å². The number of piperidine rings is 1. The topological polar surface area (TPSA) is 59.0 Å². The first kappa shape index (κ1) is 18.4. The summed E-state index contributed by atoms with van der Waals surface area (Å²) in [5.41, 5.74) is 0.822. The average molecular weight is 347 g/mol. The van der Waals surface area contributed by atoms with Crippen molar-refractivity contribution in [1.82, 2.24) is 4.90 Å². The molecular formula is C20H29NO4. The van der Waals surface area contributed by atoms with Crippen LogP contribution in [0.2, 0.25) is 0 Å². The lowest BCUT2D eigenvalue weighted by Gasteiger charge is -2.47. The number of ether oxygens (including phenoxy) is 2. The van der Waals surface area contributed by atoms with Gasteiger partial charge in [-0.1, -0.05) is 37.3 Å². The van der Waals surface area contributed by atoms with Gasteiger partial charge in [-0.05, 0) is 31.2 Å². The van der Waals surface area contributed by atoms with Crippen molar-refractivity contribution in [3.05, 3.63) is 35.9 Å². The maximum absolute atomic E-state index is 12.4. The smallest absolute Gasteiger partial charge is 0.248 e. The third kappa shape index (κ3) is 4.81. The van der Waals surface area contributed by atoms with Crippen LogP contribution >= 0.6 is 0 Å². The van der Waals surface area contributed by atoms with Crippen LogP contribution in [-0.2, 0) is 20.9 Å². The molecule has 1 N–H and O–H groups in total. The molecule has 2 aliphatic rings. The quantitative estimate of drug-likeness (QED) is 0.889. The van der Waals surface area contributed by atoms with E-state index in [1.165, 1.54) is 0 Å². The summed E-state index contributed by atoms with van der Waals surface area (Å²) in [6, 6.07) is 9.88. The van der Waals surface area contributed by atoms with Crippen LogP contribution in [0.25, 0.3) is 0 Å². The van der Waals surface area contributed by atoms with Crippen LogP contribution in [0, 0.1) is 0 Å². The van der Waals surface area contributed by atoms with Crippen molar-refractivity contribution in [2.45, 2.75) is 63.4 Å². The van der Waals surface area contributed by atoms with E-state index in [2.05, 4.69) is 6.92 Å². The predicted molar refractivity (Wildman–Crippen MR) is 95.0 cm³/mol. The fourth-order valence-corrected chi connectivity index (χ4v) is 3.92. The Bertz CT molecular complexity index is 554. The number of aliphatic hydroxyl groups is 1. The zero-order chi connectivity index (χ0) is 17.7. The first-order valence-corrected chi connectivity index (χ1v) is 9.35. The molecule has 1 spiro atoms. The molecule has 25 heavy (non-hydrogen) atoms. The molecule has 5 heteroatoms. The summed E-state index contributed by atoms with van der Waals surface area (Å²) in [6.07, 6.45) is 3.80. The highest BCUT2D eigenvalue weighted by Gasteiger charge is 2.43. The number of aliphatic hydroxyl groups excluding tert-OH is 1. The van der Waals surface area contributed by atoms with E-state index >= 15 is 0 Å². The number of benzene rings is 1. The fraction of sp³-hybridized carbons (Fsp3) is 0.650. The number of amides is 1.